The first kappa shape index (κ1) is 28.3. The van der Waals surface area contributed by atoms with E-state index in [2.05, 4.69) is 16.0 Å². The highest BCUT2D eigenvalue weighted by molar-refractivity contribution is 5.95. The Bertz CT molecular complexity index is 664. The van der Waals surface area contributed by atoms with E-state index in [1.54, 1.807) is 27.7 Å². The maximum Gasteiger partial charge on any atom is 0.326 e. The van der Waals surface area contributed by atoms with Gasteiger partial charge in [0, 0.05) is 0 Å². The second kappa shape index (κ2) is 12.9. The van der Waals surface area contributed by atoms with E-state index in [0.717, 1.165) is 0 Å². The molecule has 4 amide bonds. The van der Waals surface area contributed by atoms with Crippen LogP contribution in [0.5, 0.6) is 0 Å². The van der Waals surface area contributed by atoms with Crippen LogP contribution in [0.4, 0.5) is 0 Å². The van der Waals surface area contributed by atoms with E-state index in [0.29, 0.717) is 0 Å². The molecule has 11 nitrogen and oxygen atoms in total. The summed E-state index contributed by atoms with van der Waals surface area (Å²) < 4.78 is 0. The lowest BCUT2D eigenvalue weighted by molar-refractivity contribution is -0.143. The van der Waals surface area contributed by atoms with Gasteiger partial charge in [0.25, 0.3) is 0 Å². The highest BCUT2D eigenvalue weighted by atomic mass is 16.4. The van der Waals surface area contributed by atoms with E-state index in [-0.39, 0.29) is 30.6 Å². The van der Waals surface area contributed by atoms with Gasteiger partial charge >= 0.3 is 5.97 Å². The minimum atomic E-state index is -1.20. The van der Waals surface area contributed by atoms with Crippen LogP contribution in [0.25, 0.3) is 0 Å². The Morgan fingerprint density at radius 2 is 1.26 bits per heavy atom. The first-order valence-corrected chi connectivity index (χ1v) is 10.3. The van der Waals surface area contributed by atoms with Gasteiger partial charge in [-0.05, 0) is 24.2 Å². The van der Waals surface area contributed by atoms with Gasteiger partial charge in [0.2, 0.25) is 23.6 Å². The fourth-order valence-corrected chi connectivity index (χ4v) is 2.84. The van der Waals surface area contributed by atoms with Gasteiger partial charge in [-0.25, -0.2) is 4.79 Å². The molecule has 0 heterocycles. The Morgan fingerprint density at radius 1 is 0.774 bits per heavy atom. The molecule has 0 aromatic heterocycles. The van der Waals surface area contributed by atoms with Gasteiger partial charge in [-0.15, -0.1) is 0 Å². The SMILES string of the molecule is CC(C)CC(NC(=O)C(NC(=O)C(N)CC(N)=O)C(C)C)C(=O)NC(C(=O)O)C(C)C. The van der Waals surface area contributed by atoms with Crippen LogP contribution in [-0.4, -0.2) is 58.9 Å². The summed E-state index contributed by atoms with van der Waals surface area (Å²) in [5.41, 5.74) is 10.7. The van der Waals surface area contributed by atoms with Gasteiger partial charge in [0.15, 0.2) is 0 Å². The second-order valence-corrected chi connectivity index (χ2v) is 8.77. The normalized spacial score (nSPS) is 15.2. The number of hydrogen-bond donors (Lipinski definition) is 6. The first-order valence-electron chi connectivity index (χ1n) is 10.3. The lowest BCUT2D eigenvalue weighted by Crippen LogP contribution is -2.59. The molecule has 178 valence electrons. The summed E-state index contributed by atoms with van der Waals surface area (Å²) in [5.74, 6) is -4.57. The largest absolute Gasteiger partial charge is 0.480 e. The Morgan fingerprint density at radius 3 is 1.65 bits per heavy atom. The standard InChI is InChI=1S/C20H37N5O6/c1-9(2)7-13(18(28)25-16(11(5)6)20(30)31)23-19(29)15(10(3)4)24-17(27)12(21)8-14(22)26/h9-13,15-16H,7-8,21H2,1-6H3,(H2,22,26)(H,23,29)(H,24,27)(H,25,28)(H,30,31). The molecule has 0 aliphatic rings. The number of carbonyl (C=O) groups is 5. The first-order chi connectivity index (χ1) is 14.2. The molecule has 0 saturated heterocycles. The maximum atomic E-state index is 12.9. The fourth-order valence-electron chi connectivity index (χ4n) is 2.84. The van der Waals surface area contributed by atoms with Crippen molar-refractivity contribution in [2.24, 2.45) is 29.2 Å². The van der Waals surface area contributed by atoms with Crippen molar-refractivity contribution >= 4 is 29.6 Å². The highest BCUT2D eigenvalue weighted by Gasteiger charge is 2.32. The van der Waals surface area contributed by atoms with Gasteiger partial charge in [0.05, 0.1) is 12.5 Å². The predicted molar refractivity (Wildman–Crippen MR) is 114 cm³/mol. The molecule has 0 rings (SSSR count). The average molecular weight is 444 g/mol. The molecular weight excluding hydrogens is 406 g/mol. The van der Waals surface area contributed by atoms with E-state index in [1.165, 1.54) is 0 Å². The fraction of sp³-hybridized carbons (Fsp3) is 0.750. The third kappa shape index (κ3) is 10.3. The number of nitrogens with one attached hydrogen (secondary N) is 3. The summed E-state index contributed by atoms with van der Waals surface area (Å²) >= 11 is 0. The summed E-state index contributed by atoms with van der Waals surface area (Å²) in [5, 5.41) is 16.9. The van der Waals surface area contributed by atoms with Crippen LogP contribution in [0, 0.1) is 17.8 Å². The van der Waals surface area contributed by atoms with Crippen molar-refractivity contribution in [1.29, 1.82) is 0 Å². The molecule has 0 saturated carbocycles. The number of carbonyl (C=O) groups excluding carboxylic acids is 4. The Kier molecular flexibility index (Phi) is 11.8. The molecule has 4 unspecified atom stereocenters. The molecule has 0 aliphatic carbocycles. The lowest BCUT2D eigenvalue weighted by atomic mass is 9.98. The summed E-state index contributed by atoms with van der Waals surface area (Å²) in [6.07, 6.45) is -0.107. The monoisotopic (exact) mass is 443 g/mol. The van der Waals surface area contributed by atoms with E-state index in [1.807, 2.05) is 13.8 Å². The zero-order valence-corrected chi connectivity index (χ0v) is 19.1. The number of aliphatic carboxylic acids is 1. The van der Waals surface area contributed by atoms with Crippen molar-refractivity contribution in [2.75, 3.05) is 0 Å². The molecule has 0 spiro atoms. The number of nitrogens with two attached hydrogens (primary N) is 2. The Hall–Kier alpha value is -2.69. The average Bonchev–Trinajstić information content (AvgIpc) is 2.60. The maximum absolute atomic E-state index is 12.9. The van der Waals surface area contributed by atoms with Crippen molar-refractivity contribution in [3.05, 3.63) is 0 Å². The van der Waals surface area contributed by atoms with Crippen LogP contribution >= 0.6 is 0 Å². The molecule has 11 heteroatoms. The summed E-state index contributed by atoms with van der Waals surface area (Å²) in [6, 6.07) is -4.32. The summed E-state index contributed by atoms with van der Waals surface area (Å²) in [6.45, 7) is 10.4. The van der Waals surface area contributed by atoms with Gasteiger partial charge in [-0.2, -0.15) is 0 Å². The molecule has 31 heavy (non-hydrogen) atoms. The zero-order chi connectivity index (χ0) is 24.5. The molecule has 0 fully saturated rings. The minimum absolute atomic E-state index is 0.0226. The topological polar surface area (TPSA) is 194 Å². The minimum Gasteiger partial charge on any atom is -0.480 e. The van der Waals surface area contributed by atoms with E-state index in [9.17, 15) is 29.1 Å². The molecular formula is C20H37N5O6. The zero-order valence-electron chi connectivity index (χ0n) is 19.1. The highest BCUT2D eigenvalue weighted by Crippen LogP contribution is 2.10. The van der Waals surface area contributed by atoms with Crippen LogP contribution in [0.2, 0.25) is 0 Å². The molecule has 4 atom stereocenters. The van der Waals surface area contributed by atoms with Crippen molar-refractivity contribution in [1.82, 2.24) is 16.0 Å². The number of carboxylic acids is 1. The van der Waals surface area contributed by atoms with Crippen LogP contribution in [0.15, 0.2) is 0 Å². The van der Waals surface area contributed by atoms with Crippen LogP contribution in [0.1, 0.15) is 54.4 Å². The van der Waals surface area contributed by atoms with E-state index < -0.39 is 53.8 Å². The third-order valence-electron chi connectivity index (χ3n) is 4.58. The second-order valence-electron chi connectivity index (χ2n) is 8.77. The summed E-state index contributed by atoms with van der Waals surface area (Å²) in [7, 11) is 0. The molecule has 0 aliphatic heterocycles. The quantitative estimate of drug-likeness (QED) is 0.212. The van der Waals surface area contributed by atoms with Gasteiger partial charge in [0.1, 0.15) is 18.1 Å². The van der Waals surface area contributed by atoms with Crippen LogP contribution < -0.4 is 27.4 Å². The molecule has 0 bridgehead atoms. The number of hydrogen-bond acceptors (Lipinski definition) is 6. The van der Waals surface area contributed by atoms with Crippen LogP contribution in [0.3, 0.4) is 0 Å². The number of amides is 4. The van der Waals surface area contributed by atoms with Crippen LogP contribution in [-0.2, 0) is 24.0 Å². The van der Waals surface area contributed by atoms with E-state index >= 15 is 0 Å². The Balaban J connectivity index is 5.44. The summed E-state index contributed by atoms with van der Waals surface area (Å²) in [4.78, 5) is 60.2. The van der Waals surface area contributed by atoms with Gasteiger partial charge in [-0.1, -0.05) is 41.5 Å². The molecule has 0 aromatic rings. The van der Waals surface area contributed by atoms with Crippen molar-refractivity contribution < 1.29 is 29.1 Å². The number of primary amides is 1. The molecule has 8 N–H and O–H groups in total. The Labute approximate surface area is 183 Å². The number of carboxylic acid groups (broad SMARTS) is 1. The van der Waals surface area contributed by atoms with Gasteiger partial charge < -0.3 is 32.5 Å². The molecule has 0 radical (unpaired) electrons. The van der Waals surface area contributed by atoms with Crippen molar-refractivity contribution in [3.8, 4) is 0 Å². The van der Waals surface area contributed by atoms with E-state index in [4.69, 9.17) is 11.5 Å². The predicted octanol–water partition coefficient (Wildman–Crippen LogP) is -0.914. The molecule has 0 aromatic carbocycles. The third-order valence-corrected chi connectivity index (χ3v) is 4.58. The number of rotatable bonds is 13. The lowest BCUT2D eigenvalue weighted by Gasteiger charge is -2.28. The van der Waals surface area contributed by atoms with Gasteiger partial charge in [-0.3, -0.25) is 19.2 Å². The van der Waals surface area contributed by atoms with Crippen molar-refractivity contribution in [2.45, 2.75) is 78.6 Å². The smallest absolute Gasteiger partial charge is 0.326 e. The van der Waals surface area contributed by atoms with Crippen molar-refractivity contribution in [3.63, 3.8) is 0 Å².